The van der Waals surface area contributed by atoms with Gasteiger partial charge in [0.15, 0.2) is 11.9 Å². The number of oxime groups is 1. The monoisotopic (exact) mass is 524 g/mol. The molecule has 2 aromatic carbocycles. The lowest BCUT2D eigenvalue weighted by Crippen LogP contribution is -2.47. The van der Waals surface area contributed by atoms with E-state index in [1.165, 1.54) is 30.2 Å². The number of aliphatic hydroxyl groups excluding tert-OH is 1. The van der Waals surface area contributed by atoms with Crippen LogP contribution in [0.1, 0.15) is 35.6 Å². The van der Waals surface area contributed by atoms with Crippen molar-refractivity contribution in [3.63, 3.8) is 0 Å². The summed E-state index contributed by atoms with van der Waals surface area (Å²) in [4.78, 5) is 31.8. The molecule has 0 radical (unpaired) electrons. The Morgan fingerprint density at radius 2 is 2.00 bits per heavy atom. The number of aliphatic hydroxyl groups is 1. The van der Waals surface area contributed by atoms with Gasteiger partial charge in [-0.25, -0.2) is 8.78 Å². The van der Waals surface area contributed by atoms with E-state index in [1.54, 1.807) is 24.3 Å². The fourth-order valence-corrected chi connectivity index (χ4v) is 4.07. The predicted molar refractivity (Wildman–Crippen MR) is 129 cm³/mol. The van der Waals surface area contributed by atoms with E-state index in [0.29, 0.717) is 18.4 Å². The average Bonchev–Trinajstić information content (AvgIpc) is 3.35. The Hall–Kier alpha value is -3.44. The summed E-state index contributed by atoms with van der Waals surface area (Å²) in [5, 5.41) is 17.3. The molecule has 1 heterocycles. The van der Waals surface area contributed by atoms with E-state index in [0.717, 1.165) is 5.56 Å². The van der Waals surface area contributed by atoms with Crippen molar-refractivity contribution in [2.24, 2.45) is 10.9 Å². The number of amides is 2. The van der Waals surface area contributed by atoms with Gasteiger partial charge in [-0.3, -0.25) is 9.59 Å². The third-order valence-corrected chi connectivity index (χ3v) is 5.78. The van der Waals surface area contributed by atoms with Gasteiger partial charge in [-0.15, -0.1) is 0 Å². The third kappa shape index (κ3) is 7.05. The highest BCUT2D eigenvalue weighted by Crippen LogP contribution is 2.29. The van der Waals surface area contributed by atoms with Crippen LogP contribution in [0.3, 0.4) is 0 Å². The first-order valence-corrected chi connectivity index (χ1v) is 11.5. The van der Waals surface area contributed by atoms with Crippen LogP contribution < -0.4 is 15.8 Å². The van der Waals surface area contributed by atoms with Gasteiger partial charge in [0.1, 0.15) is 25.5 Å². The number of hydrogen-bond acceptors (Lipinski definition) is 6. The number of nitrogens with two attached hydrogens (primary N) is 1. The first-order chi connectivity index (χ1) is 17.2. The van der Waals surface area contributed by atoms with Crippen LogP contribution in [0.25, 0.3) is 0 Å². The van der Waals surface area contributed by atoms with Crippen LogP contribution in [-0.2, 0) is 21.0 Å². The van der Waals surface area contributed by atoms with Gasteiger partial charge >= 0.3 is 0 Å². The lowest BCUT2D eigenvalue weighted by Gasteiger charge is -2.26. The molecule has 0 saturated carbocycles. The standard InChI is InChI=1S/C24H27ClF2N4O5/c1-35-30-22(28)15-6-4-14(5-7-15)12-29-23(33)19-3-2-8-31(19)24(34)21(32)16-9-17(25)11-18(10-16)36-13-20(26)27/h4-7,9-11,19-21,32H,2-3,8,12-13H2,1H3,(H2,28,30)(H,29,33)/t19-,21+/m0/s1. The van der Waals surface area contributed by atoms with Crippen LogP contribution in [0.15, 0.2) is 47.6 Å². The van der Waals surface area contributed by atoms with Crippen LogP contribution >= 0.6 is 11.6 Å². The Labute approximate surface area is 211 Å². The average molecular weight is 525 g/mol. The number of likely N-dealkylation sites (tertiary alicyclic amines) is 1. The van der Waals surface area contributed by atoms with E-state index in [4.69, 9.17) is 22.1 Å². The maximum Gasteiger partial charge on any atom is 0.272 e. The number of halogens is 3. The number of amidine groups is 1. The molecule has 36 heavy (non-hydrogen) atoms. The largest absolute Gasteiger partial charge is 0.488 e. The number of carbonyl (C=O) groups excluding carboxylic acids is 2. The number of alkyl halides is 2. The SMILES string of the molecule is CO/N=C(\N)c1ccc(CNC(=O)[C@@H]2CCCN2C(=O)[C@H](O)c2cc(Cl)cc(OCC(F)F)c2)cc1. The summed E-state index contributed by atoms with van der Waals surface area (Å²) in [6.07, 6.45) is -3.31. The topological polar surface area (TPSA) is 126 Å². The summed E-state index contributed by atoms with van der Waals surface area (Å²) in [5.41, 5.74) is 7.32. The van der Waals surface area contributed by atoms with E-state index < -0.39 is 31.1 Å². The second-order valence-electron chi connectivity index (χ2n) is 8.09. The first kappa shape index (κ1) is 27.2. The van der Waals surface area contributed by atoms with Gasteiger partial charge in [0.25, 0.3) is 12.3 Å². The summed E-state index contributed by atoms with van der Waals surface area (Å²) >= 11 is 6.01. The van der Waals surface area contributed by atoms with Crippen LogP contribution in [0.4, 0.5) is 8.78 Å². The molecule has 12 heteroatoms. The summed E-state index contributed by atoms with van der Waals surface area (Å²) < 4.78 is 29.9. The summed E-state index contributed by atoms with van der Waals surface area (Å²) in [5.74, 6) is -0.822. The quantitative estimate of drug-likeness (QED) is 0.249. The van der Waals surface area contributed by atoms with Crippen molar-refractivity contribution in [2.75, 3.05) is 20.3 Å². The van der Waals surface area contributed by atoms with Crippen LogP contribution in [0.2, 0.25) is 5.02 Å². The smallest absolute Gasteiger partial charge is 0.272 e. The third-order valence-electron chi connectivity index (χ3n) is 5.56. The van der Waals surface area contributed by atoms with Crippen molar-refractivity contribution in [3.05, 3.63) is 64.2 Å². The van der Waals surface area contributed by atoms with E-state index in [-0.39, 0.29) is 41.2 Å². The molecular formula is C24H27ClF2N4O5. The minimum absolute atomic E-state index is 0.00151. The molecule has 1 aliphatic rings. The number of benzene rings is 2. The molecule has 1 saturated heterocycles. The Bertz CT molecular complexity index is 1100. The zero-order chi connectivity index (χ0) is 26.2. The lowest BCUT2D eigenvalue weighted by molar-refractivity contribution is -0.145. The Morgan fingerprint density at radius 1 is 1.28 bits per heavy atom. The normalized spacial score (nSPS) is 16.7. The molecule has 3 rings (SSSR count). The highest BCUT2D eigenvalue weighted by molar-refractivity contribution is 6.30. The Kier molecular flexibility index (Phi) is 9.43. The molecule has 1 aliphatic heterocycles. The van der Waals surface area contributed by atoms with Gasteiger partial charge in [0.2, 0.25) is 5.91 Å². The van der Waals surface area contributed by atoms with Crippen molar-refractivity contribution in [3.8, 4) is 5.75 Å². The van der Waals surface area contributed by atoms with Crippen molar-refractivity contribution < 1.29 is 33.1 Å². The molecule has 2 amide bonds. The molecule has 0 aromatic heterocycles. The lowest BCUT2D eigenvalue weighted by atomic mass is 10.1. The molecule has 0 unspecified atom stereocenters. The van der Waals surface area contributed by atoms with Crippen LogP contribution in [0, 0.1) is 0 Å². The van der Waals surface area contributed by atoms with Gasteiger partial charge in [-0.1, -0.05) is 41.0 Å². The van der Waals surface area contributed by atoms with Gasteiger partial charge in [0, 0.05) is 23.7 Å². The number of nitrogens with one attached hydrogen (secondary N) is 1. The van der Waals surface area contributed by atoms with E-state index in [2.05, 4.69) is 15.3 Å². The minimum Gasteiger partial charge on any atom is -0.488 e. The Morgan fingerprint density at radius 3 is 2.67 bits per heavy atom. The molecule has 4 N–H and O–H groups in total. The van der Waals surface area contributed by atoms with Gasteiger partial charge in [-0.05, 0) is 42.2 Å². The Balaban J connectivity index is 1.63. The van der Waals surface area contributed by atoms with Crippen molar-refractivity contribution in [2.45, 2.75) is 38.0 Å². The van der Waals surface area contributed by atoms with Gasteiger partial charge in [-0.2, -0.15) is 0 Å². The van der Waals surface area contributed by atoms with Crippen LogP contribution in [-0.4, -0.2) is 60.4 Å². The second-order valence-corrected chi connectivity index (χ2v) is 8.52. The molecule has 1 fully saturated rings. The van der Waals surface area contributed by atoms with Crippen molar-refractivity contribution in [1.29, 1.82) is 0 Å². The van der Waals surface area contributed by atoms with Crippen molar-refractivity contribution >= 4 is 29.3 Å². The molecule has 2 atom stereocenters. The maximum absolute atomic E-state index is 13.0. The van der Waals surface area contributed by atoms with E-state index >= 15 is 0 Å². The number of rotatable bonds is 10. The molecular weight excluding hydrogens is 498 g/mol. The molecule has 2 aromatic rings. The number of ether oxygens (including phenoxy) is 1. The van der Waals surface area contributed by atoms with Crippen LogP contribution in [0.5, 0.6) is 5.75 Å². The van der Waals surface area contributed by atoms with Gasteiger partial charge < -0.3 is 30.6 Å². The molecule has 0 bridgehead atoms. The molecule has 0 spiro atoms. The minimum atomic E-state index is -2.69. The fourth-order valence-electron chi connectivity index (χ4n) is 3.84. The van der Waals surface area contributed by atoms with E-state index in [9.17, 15) is 23.5 Å². The number of nitrogens with zero attached hydrogens (tertiary/aromatic N) is 2. The zero-order valence-corrected chi connectivity index (χ0v) is 20.3. The van der Waals surface area contributed by atoms with Gasteiger partial charge in [0.05, 0.1) is 0 Å². The highest BCUT2D eigenvalue weighted by Gasteiger charge is 2.37. The summed E-state index contributed by atoms with van der Waals surface area (Å²) in [6.45, 7) is -0.341. The zero-order valence-electron chi connectivity index (χ0n) is 19.5. The molecule has 194 valence electrons. The predicted octanol–water partition coefficient (Wildman–Crippen LogP) is 2.59. The van der Waals surface area contributed by atoms with Crippen molar-refractivity contribution in [1.82, 2.24) is 10.2 Å². The van der Waals surface area contributed by atoms with E-state index in [1.807, 2.05) is 0 Å². The second kappa shape index (κ2) is 12.5. The molecule has 9 nitrogen and oxygen atoms in total. The number of hydrogen-bond donors (Lipinski definition) is 3. The summed E-state index contributed by atoms with van der Waals surface area (Å²) in [6, 6.07) is 10.2. The first-order valence-electron chi connectivity index (χ1n) is 11.1. The maximum atomic E-state index is 13.0. The highest BCUT2D eigenvalue weighted by atomic mass is 35.5. The number of carbonyl (C=O) groups is 2. The fraction of sp³-hybridized carbons (Fsp3) is 0.375. The molecule has 0 aliphatic carbocycles. The summed E-state index contributed by atoms with van der Waals surface area (Å²) in [7, 11) is 1.39.